The van der Waals surface area contributed by atoms with E-state index < -0.39 is 11.2 Å². The van der Waals surface area contributed by atoms with E-state index in [1.54, 1.807) is 13.8 Å². The summed E-state index contributed by atoms with van der Waals surface area (Å²) in [6.45, 7) is 7.45. The second-order valence-corrected chi connectivity index (χ2v) is 8.32. The lowest BCUT2D eigenvalue weighted by Crippen LogP contribution is -2.49. The lowest BCUT2D eigenvalue weighted by Gasteiger charge is -2.37. The van der Waals surface area contributed by atoms with E-state index in [1.165, 1.54) is 32.3 Å². The van der Waals surface area contributed by atoms with E-state index in [0.717, 1.165) is 5.46 Å². The second-order valence-electron chi connectivity index (χ2n) is 8.32. The molecule has 0 saturated heterocycles. The van der Waals surface area contributed by atoms with E-state index >= 15 is 0 Å². The zero-order valence-electron chi connectivity index (χ0n) is 16.4. The Morgan fingerprint density at radius 2 is 1.33 bits per heavy atom. The minimum Gasteiger partial charge on any atom is -0.427 e. The molecule has 0 heterocycles. The van der Waals surface area contributed by atoms with Crippen LogP contribution < -0.4 is 5.46 Å². The maximum absolute atomic E-state index is 10.4. The normalized spacial score (nSPS) is 12.8. The fourth-order valence-corrected chi connectivity index (χ4v) is 3.51. The van der Waals surface area contributed by atoms with Crippen molar-refractivity contribution in [1.82, 2.24) is 0 Å². The van der Waals surface area contributed by atoms with E-state index in [2.05, 4.69) is 66.7 Å². The molecule has 4 aromatic rings. The molecule has 0 unspecified atom stereocenters. The van der Waals surface area contributed by atoms with Gasteiger partial charge in [0, 0.05) is 0 Å². The van der Waals surface area contributed by atoms with Crippen LogP contribution in [0, 0.1) is 0 Å². The molecule has 0 spiro atoms. The molecule has 0 amide bonds. The van der Waals surface area contributed by atoms with Gasteiger partial charge >= 0.3 is 7.48 Å². The van der Waals surface area contributed by atoms with Crippen LogP contribution in [0.2, 0.25) is 0 Å². The van der Waals surface area contributed by atoms with E-state index in [9.17, 15) is 5.11 Å². The van der Waals surface area contributed by atoms with Crippen LogP contribution in [-0.2, 0) is 4.65 Å². The molecule has 27 heavy (non-hydrogen) atoms. The average Bonchev–Trinajstić information content (AvgIpc) is 2.64. The first-order chi connectivity index (χ1) is 12.8. The molecule has 0 saturated carbocycles. The highest BCUT2D eigenvalue weighted by Crippen LogP contribution is 2.31. The van der Waals surface area contributed by atoms with Crippen molar-refractivity contribution in [1.29, 1.82) is 0 Å². The molecule has 0 aliphatic carbocycles. The van der Waals surface area contributed by atoms with Gasteiger partial charge in [-0.3, -0.25) is 0 Å². The molecular formula is C24H25BO2. The van der Waals surface area contributed by atoms with Gasteiger partial charge in [0.15, 0.2) is 0 Å². The van der Waals surface area contributed by atoms with Crippen LogP contribution in [0.5, 0.6) is 0 Å². The van der Waals surface area contributed by atoms with Crippen molar-refractivity contribution >= 4 is 45.3 Å². The molecule has 0 aliphatic rings. The Hall–Kier alpha value is -2.36. The maximum atomic E-state index is 10.4. The minimum absolute atomic E-state index is 0.459. The first-order valence-electron chi connectivity index (χ1n) is 9.46. The van der Waals surface area contributed by atoms with Crippen molar-refractivity contribution in [3.8, 4) is 0 Å². The number of fused-ring (bicyclic) bond motifs is 5. The van der Waals surface area contributed by atoms with E-state index in [0.29, 0.717) is 7.48 Å². The Labute approximate surface area is 161 Å². The standard InChI is InChI=1S/C24H25BO2/c1-23(2,26)24(3,4)27-25-21-15-17-14-13-16-9-5-6-10-18(16)22(17)20-12-8-7-11-19(20)21/h5-15,25-26H,1-4H3. The maximum Gasteiger partial charge on any atom is 0.310 e. The summed E-state index contributed by atoms with van der Waals surface area (Å²) in [6, 6.07) is 23.6. The lowest BCUT2D eigenvalue weighted by atomic mass is 9.78. The Balaban J connectivity index is 1.91. The summed E-state index contributed by atoms with van der Waals surface area (Å²) < 4.78 is 6.17. The third-order valence-corrected chi connectivity index (χ3v) is 5.90. The van der Waals surface area contributed by atoms with Crippen LogP contribution in [-0.4, -0.2) is 23.8 Å². The Morgan fingerprint density at radius 1 is 0.741 bits per heavy atom. The number of hydrogen-bond acceptors (Lipinski definition) is 2. The smallest absolute Gasteiger partial charge is 0.310 e. The predicted molar refractivity (Wildman–Crippen MR) is 117 cm³/mol. The highest BCUT2D eigenvalue weighted by Gasteiger charge is 2.35. The summed E-state index contributed by atoms with van der Waals surface area (Å²) >= 11 is 0. The molecule has 0 aromatic heterocycles. The molecule has 136 valence electrons. The largest absolute Gasteiger partial charge is 0.427 e. The Bertz CT molecular complexity index is 1140. The molecule has 0 radical (unpaired) electrons. The number of hydrogen-bond donors (Lipinski definition) is 1. The predicted octanol–water partition coefficient (Wildman–Crippen LogP) is 4.69. The van der Waals surface area contributed by atoms with E-state index in [1.807, 2.05) is 13.8 Å². The van der Waals surface area contributed by atoms with Gasteiger partial charge in [0.2, 0.25) is 0 Å². The highest BCUT2D eigenvalue weighted by atomic mass is 16.5. The molecule has 0 fully saturated rings. The van der Waals surface area contributed by atoms with Crippen LogP contribution in [0.4, 0.5) is 0 Å². The number of rotatable bonds is 4. The van der Waals surface area contributed by atoms with Crippen molar-refractivity contribution in [3.63, 3.8) is 0 Å². The van der Waals surface area contributed by atoms with Gasteiger partial charge in [0.25, 0.3) is 0 Å². The van der Waals surface area contributed by atoms with Crippen LogP contribution in [0.1, 0.15) is 27.7 Å². The fourth-order valence-electron chi connectivity index (χ4n) is 3.51. The molecule has 0 bridgehead atoms. The molecule has 2 nitrogen and oxygen atoms in total. The van der Waals surface area contributed by atoms with Crippen LogP contribution in [0.15, 0.2) is 66.7 Å². The van der Waals surface area contributed by atoms with Gasteiger partial charge in [0.05, 0.1) is 11.2 Å². The van der Waals surface area contributed by atoms with Crippen LogP contribution >= 0.6 is 0 Å². The summed E-state index contributed by atoms with van der Waals surface area (Å²) in [5.74, 6) is 0. The molecule has 4 aromatic carbocycles. The van der Waals surface area contributed by atoms with Crippen molar-refractivity contribution in [2.45, 2.75) is 38.9 Å². The SMILES string of the molecule is CC(C)(O)C(C)(C)OBc1cc2ccc3ccccc3c2c2ccccc12. The van der Waals surface area contributed by atoms with Gasteiger partial charge in [-0.05, 0) is 65.5 Å². The summed E-state index contributed by atoms with van der Waals surface area (Å²) in [4.78, 5) is 0. The quantitative estimate of drug-likeness (QED) is 0.425. The van der Waals surface area contributed by atoms with Crippen molar-refractivity contribution in [2.24, 2.45) is 0 Å². The van der Waals surface area contributed by atoms with Crippen molar-refractivity contribution in [2.75, 3.05) is 0 Å². The molecule has 3 heteroatoms. The first-order valence-corrected chi connectivity index (χ1v) is 9.46. The van der Waals surface area contributed by atoms with Gasteiger partial charge in [-0.15, -0.1) is 0 Å². The monoisotopic (exact) mass is 356 g/mol. The third-order valence-electron chi connectivity index (χ3n) is 5.90. The zero-order valence-corrected chi connectivity index (χ0v) is 16.4. The molecule has 0 atom stereocenters. The Kier molecular flexibility index (Phi) is 4.25. The zero-order chi connectivity index (χ0) is 19.2. The van der Waals surface area contributed by atoms with Gasteiger partial charge in [-0.25, -0.2) is 0 Å². The van der Waals surface area contributed by atoms with E-state index in [-0.39, 0.29) is 0 Å². The van der Waals surface area contributed by atoms with Crippen LogP contribution in [0.3, 0.4) is 0 Å². The first kappa shape index (κ1) is 18.0. The van der Waals surface area contributed by atoms with Crippen molar-refractivity contribution in [3.05, 3.63) is 66.7 Å². The lowest BCUT2D eigenvalue weighted by molar-refractivity contribution is -0.0893. The average molecular weight is 356 g/mol. The summed E-state index contributed by atoms with van der Waals surface area (Å²) in [6.07, 6.45) is 0. The number of benzene rings is 4. The summed E-state index contributed by atoms with van der Waals surface area (Å²) in [5, 5.41) is 17.9. The molecule has 0 aliphatic heterocycles. The number of aliphatic hydroxyl groups is 1. The van der Waals surface area contributed by atoms with Gasteiger partial charge in [0.1, 0.15) is 0 Å². The van der Waals surface area contributed by atoms with Gasteiger partial charge in [-0.2, -0.15) is 0 Å². The molecule has 4 rings (SSSR count). The molecular weight excluding hydrogens is 331 g/mol. The Morgan fingerprint density at radius 3 is 2.04 bits per heavy atom. The third kappa shape index (κ3) is 3.11. The summed E-state index contributed by atoms with van der Waals surface area (Å²) in [5.41, 5.74) is -0.423. The minimum atomic E-state index is -0.921. The summed E-state index contributed by atoms with van der Waals surface area (Å²) in [7, 11) is 0.459. The van der Waals surface area contributed by atoms with Crippen LogP contribution in [0.25, 0.3) is 32.3 Å². The topological polar surface area (TPSA) is 29.5 Å². The van der Waals surface area contributed by atoms with Gasteiger partial charge < -0.3 is 9.76 Å². The fraction of sp³-hybridized carbons (Fsp3) is 0.250. The van der Waals surface area contributed by atoms with Crippen molar-refractivity contribution < 1.29 is 9.76 Å². The molecule has 1 N–H and O–H groups in total. The van der Waals surface area contributed by atoms with Gasteiger partial charge in [-0.1, -0.05) is 66.7 Å². The van der Waals surface area contributed by atoms with E-state index in [4.69, 9.17) is 4.65 Å². The highest BCUT2D eigenvalue weighted by molar-refractivity contribution is 6.53. The second kappa shape index (κ2) is 6.37.